The zero-order valence-corrected chi connectivity index (χ0v) is 14.7. The van der Waals surface area contributed by atoms with Gasteiger partial charge in [0.2, 0.25) is 0 Å². The molecule has 1 aromatic carbocycles. The summed E-state index contributed by atoms with van der Waals surface area (Å²) >= 11 is 0. The minimum atomic E-state index is -2.51. The van der Waals surface area contributed by atoms with Gasteiger partial charge >= 0.3 is 0 Å². The Kier molecular flexibility index (Phi) is 5.13. The second-order valence-corrected chi connectivity index (χ2v) is 8.96. The predicted octanol–water partition coefficient (Wildman–Crippen LogP) is 2.56. The van der Waals surface area contributed by atoms with Crippen LogP contribution in [0.2, 0.25) is 0 Å². The summed E-state index contributed by atoms with van der Waals surface area (Å²) in [7, 11) is -0.850. The molecular formula is C16H27N2O2P. The molecule has 5 heteroatoms. The summed E-state index contributed by atoms with van der Waals surface area (Å²) in [4.78, 5) is 2.44. The van der Waals surface area contributed by atoms with Crippen LogP contribution in [0.4, 0.5) is 0 Å². The first kappa shape index (κ1) is 16.5. The number of nitrogens with zero attached hydrogens (tertiary/aromatic N) is 2. The third-order valence-corrected chi connectivity index (χ3v) is 7.15. The van der Waals surface area contributed by atoms with Gasteiger partial charge in [-0.2, -0.15) is 0 Å². The van der Waals surface area contributed by atoms with Gasteiger partial charge in [-0.25, -0.2) is 4.67 Å². The van der Waals surface area contributed by atoms with E-state index in [-0.39, 0.29) is 0 Å². The standard InChI is InChI=1S/C16H27N2O2P/c1-13(2)17-8-10-18(11-9-17)21(5,19)15-7-6-14(3)16(12-15)20-4/h6-7,12-13H,8-11H2,1-5H3. The maximum atomic E-state index is 13.3. The topological polar surface area (TPSA) is 32.8 Å². The van der Waals surface area contributed by atoms with Crippen LogP contribution < -0.4 is 10.0 Å². The third-order valence-electron chi connectivity index (χ3n) is 4.43. The van der Waals surface area contributed by atoms with Crippen LogP contribution in [0.5, 0.6) is 5.75 Å². The molecule has 1 saturated heterocycles. The molecule has 0 bridgehead atoms. The first-order chi connectivity index (χ1) is 9.86. The van der Waals surface area contributed by atoms with E-state index in [0.717, 1.165) is 42.8 Å². The fraction of sp³-hybridized carbons (Fsp3) is 0.625. The fourth-order valence-corrected chi connectivity index (χ4v) is 4.82. The van der Waals surface area contributed by atoms with Crippen molar-refractivity contribution in [3.8, 4) is 5.75 Å². The van der Waals surface area contributed by atoms with Gasteiger partial charge in [0.1, 0.15) is 5.75 Å². The lowest BCUT2D eigenvalue weighted by molar-refractivity contribution is 0.154. The number of hydrogen-bond acceptors (Lipinski definition) is 3. The molecular weight excluding hydrogens is 283 g/mol. The number of methoxy groups -OCH3 is 1. The van der Waals surface area contributed by atoms with E-state index < -0.39 is 7.29 Å². The molecule has 1 aliphatic rings. The summed E-state index contributed by atoms with van der Waals surface area (Å²) in [5.74, 6) is 0.815. The van der Waals surface area contributed by atoms with Crippen LogP contribution in [0.3, 0.4) is 0 Å². The molecule has 4 nitrogen and oxygen atoms in total. The van der Waals surface area contributed by atoms with Crippen molar-refractivity contribution in [2.45, 2.75) is 26.8 Å². The van der Waals surface area contributed by atoms with Crippen LogP contribution in [0, 0.1) is 6.92 Å². The van der Waals surface area contributed by atoms with E-state index in [9.17, 15) is 4.57 Å². The zero-order chi connectivity index (χ0) is 15.6. The average Bonchev–Trinajstić information content (AvgIpc) is 2.47. The molecule has 1 heterocycles. The normalized spacial score (nSPS) is 20.5. The second-order valence-electron chi connectivity index (χ2n) is 6.12. The summed E-state index contributed by atoms with van der Waals surface area (Å²) in [5, 5.41) is 0.892. The molecule has 0 aliphatic carbocycles. The van der Waals surface area contributed by atoms with Crippen molar-refractivity contribution in [2.75, 3.05) is 40.0 Å². The van der Waals surface area contributed by atoms with E-state index in [2.05, 4.69) is 23.4 Å². The minimum Gasteiger partial charge on any atom is -0.496 e. The van der Waals surface area contributed by atoms with E-state index in [1.54, 1.807) is 7.11 Å². The van der Waals surface area contributed by atoms with Crippen molar-refractivity contribution in [3.63, 3.8) is 0 Å². The number of rotatable bonds is 4. The molecule has 0 spiro atoms. The summed E-state index contributed by atoms with van der Waals surface area (Å²) in [5.41, 5.74) is 1.07. The van der Waals surface area contributed by atoms with E-state index in [0.29, 0.717) is 6.04 Å². The molecule has 21 heavy (non-hydrogen) atoms. The second kappa shape index (κ2) is 6.51. The van der Waals surface area contributed by atoms with Crippen molar-refractivity contribution in [3.05, 3.63) is 23.8 Å². The third kappa shape index (κ3) is 3.50. The number of piperazine rings is 1. The van der Waals surface area contributed by atoms with E-state index in [4.69, 9.17) is 4.74 Å². The molecule has 1 fully saturated rings. The molecule has 0 radical (unpaired) electrons. The Morgan fingerprint density at radius 3 is 2.33 bits per heavy atom. The van der Waals surface area contributed by atoms with Crippen molar-refractivity contribution in [1.29, 1.82) is 0 Å². The predicted molar refractivity (Wildman–Crippen MR) is 89.2 cm³/mol. The largest absolute Gasteiger partial charge is 0.496 e. The Morgan fingerprint density at radius 2 is 1.81 bits per heavy atom. The molecule has 1 unspecified atom stereocenters. The molecule has 2 rings (SSSR count). The lowest BCUT2D eigenvalue weighted by Gasteiger charge is -2.39. The van der Waals surface area contributed by atoms with E-state index in [1.165, 1.54) is 0 Å². The summed E-state index contributed by atoms with van der Waals surface area (Å²) in [6.45, 7) is 12.0. The Balaban J connectivity index is 2.17. The molecule has 0 aromatic heterocycles. The Bertz CT molecular complexity index is 537. The van der Waals surface area contributed by atoms with Gasteiger partial charge in [0, 0.05) is 44.2 Å². The van der Waals surface area contributed by atoms with Crippen LogP contribution in [-0.4, -0.2) is 55.6 Å². The van der Waals surface area contributed by atoms with Gasteiger partial charge in [-0.3, -0.25) is 4.90 Å². The lowest BCUT2D eigenvalue weighted by atomic mass is 10.2. The summed E-state index contributed by atoms with van der Waals surface area (Å²) in [6.07, 6.45) is 0. The van der Waals surface area contributed by atoms with Gasteiger partial charge in [0.05, 0.1) is 7.11 Å². The van der Waals surface area contributed by atoms with Crippen LogP contribution >= 0.6 is 7.29 Å². The van der Waals surface area contributed by atoms with Gasteiger partial charge in [-0.05, 0) is 38.5 Å². The highest BCUT2D eigenvalue weighted by Crippen LogP contribution is 2.45. The van der Waals surface area contributed by atoms with Crippen LogP contribution in [0.25, 0.3) is 0 Å². The van der Waals surface area contributed by atoms with Crippen LogP contribution in [-0.2, 0) is 4.57 Å². The number of hydrogen-bond donors (Lipinski definition) is 0. The van der Waals surface area contributed by atoms with Gasteiger partial charge in [-0.15, -0.1) is 0 Å². The molecule has 0 saturated carbocycles. The highest BCUT2D eigenvalue weighted by atomic mass is 31.2. The SMILES string of the molecule is COc1cc(P(C)(=O)N2CCN(C(C)C)CC2)ccc1C. The lowest BCUT2D eigenvalue weighted by Crippen LogP contribution is -2.48. The van der Waals surface area contributed by atoms with Gasteiger partial charge in [0.25, 0.3) is 0 Å². The zero-order valence-electron chi connectivity index (χ0n) is 13.8. The van der Waals surface area contributed by atoms with Crippen molar-refractivity contribution >= 4 is 12.6 Å². The average molecular weight is 310 g/mol. The molecule has 1 aliphatic heterocycles. The van der Waals surface area contributed by atoms with Crippen molar-refractivity contribution < 1.29 is 9.30 Å². The van der Waals surface area contributed by atoms with E-state index in [1.807, 2.05) is 31.8 Å². The fourth-order valence-electron chi connectivity index (χ4n) is 2.84. The van der Waals surface area contributed by atoms with E-state index >= 15 is 0 Å². The van der Waals surface area contributed by atoms with Crippen molar-refractivity contribution in [2.24, 2.45) is 0 Å². The molecule has 1 atom stereocenters. The van der Waals surface area contributed by atoms with Gasteiger partial charge < -0.3 is 9.30 Å². The first-order valence-electron chi connectivity index (χ1n) is 7.58. The number of aryl methyl sites for hydroxylation is 1. The number of ether oxygens (including phenoxy) is 1. The smallest absolute Gasteiger partial charge is 0.175 e. The van der Waals surface area contributed by atoms with Crippen LogP contribution in [0.15, 0.2) is 18.2 Å². The summed E-state index contributed by atoms with van der Waals surface area (Å²) < 4.78 is 20.8. The summed E-state index contributed by atoms with van der Waals surface area (Å²) in [6, 6.07) is 6.47. The van der Waals surface area contributed by atoms with Crippen LogP contribution in [0.1, 0.15) is 19.4 Å². The maximum Gasteiger partial charge on any atom is 0.175 e. The molecule has 118 valence electrons. The Hall–Kier alpha value is -0.830. The Labute approximate surface area is 128 Å². The number of benzene rings is 1. The monoisotopic (exact) mass is 310 g/mol. The van der Waals surface area contributed by atoms with Gasteiger partial charge in [-0.1, -0.05) is 6.07 Å². The highest BCUT2D eigenvalue weighted by Gasteiger charge is 2.31. The molecule has 0 N–H and O–H groups in total. The maximum absolute atomic E-state index is 13.3. The highest BCUT2D eigenvalue weighted by molar-refractivity contribution is 7.68. The molecule has 1 aromatic rings. The quantitative estimate of drug-likeness (QED) is 0.800. The molecule has 0 amide bonds. The minimum absolute atomic E-state index is 0.558. The van der Waals surface area contributed by atoms with Gasteiger partial charge in [0.15, 0.2) is 7.29 Å². The van der Waals surface area contributed by atoms with Crippen molar-refractivity contribution in [1.82, 2.24) is 9.57 Å². The first-order valence-corrected chi connectivity index (χ1v) is 9.69. The Morgan fingerprint density at radius 1 is 1.19 bits per heavy atom.